The van der Waals surface area contributed by atoms with E-state index in [-0.39, 0.29) is 27.5 Å². The number of sulfonamides is 1. The Labute approximate surface area is 194 Å². The van der Waals surface area contributed by atoms with Crippen LogP contribution in [0.4, 0.5) is 15.9 Å². The predicted molar refractivity (Wildman–Crippen MR) is 126 cm³/mol. The summed E-state index contributed by atoms with van der Waals surface area (Å²) in [5.41, 5.74) is 1.11. The Kier molecular flexibility index (Phi) is 7.64. The summed E-state index contributed by atoms with van der Waals surface area (Å²) < 4.78 is 45.3. The van der Waals surface area contributed by atoms with E-state index in [1.165, 1.54) is 80.2 Å². The van der Waals surface area contributed by atoms with Crippen molar-refractivity contribution in [1.82, 2.24) is 15.3 Å². The summed E-state index contributed by atoms with van der Waals surface area (Å²) in [7, 11) is -2.49. The van der Waals surface area contributed by atoms with Crippen LogP contribution in [-0.2, 0) is 14.8 Å². The van der Waals surface area contributed by atoms with Gasteiger partial charge in [-0.1, -0.05) is 12.1 Å². The molecule has 33 heavy (non-hydrogen) atoms. The van der Waals surface area contributed by atoms with E-state index in [2.05, 4.69) is 25.3 Å². The predicted octanol–water partition coefficient (Wildman–Crippen LogP) is 2.95. The molecule has 0 aliphatic heterocycles. The molecule has 12 heteroatoms. The number of methoxy groups -OCH3 is 1. The van der Waals surface area contributed by atoms with Crippen LogP contribution in [0, 0.1) is 5.82 Å². The lowest BCUT2D eigenvalue weighted by Crippen LogP contribution is -2.32. The maximum atomic E-state index is 12.9. The van der Waals surface area contributed by atoms with Crippen LogP contribution in [0.15, 0.2) is 71.9 Å². The highest BCUT2D eigenvalue weighted by molar-refractivity contribution is 7.92. The zero-order chi connectivity index (χ0) is 23.8. The summed E-state index contributed by atoms with van der Waals surface area (Å²) in [4.78, 5) is 19.6. The van der Waals surface area contributed by atoms with Crippen molar-refractivity contribution in [3.63, 3.8) is 0 Å². The number of carbonyl (C=O) groups is 1. The van der Waals surface area contributed by atoms with Gasteiger partial charge in [0.2, 0.25) is 11.8 Å². The molecule has 1 amide bonds. The SMILES string of the molecule is COc1cc(NS(=O)(=O)c2ccc(NC(=S)NC(=O)/C=C/c3ccc(F)cc3)cc2)ncn1. The standard InChI is InChI=1S/C21H18FN5O4S2/c1-31-20-12-18(23-13-24-20)27-33(29,30)17-9-7-16(8-10-17)25-21(32)26-19(28)11-4-14-2-5-15(22)6-3-14/h2-13H,1H3,(H,23,24,27)(H2,25,26,28,32)/b11-4+. The van der Waals surface area contributed by atoms with Gasteiger partial charge in [-0.15, -0.1) is 0 Å². The minimum atomic E-state index is -3.90. The maximum Gasteiger partial charge on any atom is 0.263 e. The molecule has 3 rings (SSSR count). The molecule has 170 valence electrons. The maximum absolute atomic E-state index is 12.9. The third-order valence-corrected chi connectivity index (χ3v) is 5.62. The molecule has 0 atom stereocenters. The van der Waals surface area contributed by atoms with E-state index in [1.807, 2.05) is 0 Å². The number of hydrogen-bond donors (Lipinski definition) is 3. The molecule has 0 radical (unpaired) electrons. The fraction of sp³-hybridized carbons (Fsp3) is 0.0476. The number of nitrogens with zero attached hydrogens (tertiary/aromatic N) is 2. The van der Waals surface area contributed by atoms with Crippen molar-refractivity contribution in [3.05, 3.63) is 78.4 Å². The van der Waals surface area contributed by atoms with Gasteiger partial charge in [0.15, 0.2) is 5.11 Å². The summed E-state index contributed by atoms with van der Waals surface area (Å²) >= 11 is 5.09. The zero-order valence-corrected chi connectivity index (χ0v) is 18.8. The number of carbonyl (C=O) groups excluding carboxylic acids is 1. The van der Waals surface area contributed by atoms with Crippen LogP contribution in [0.5, 0.6) is 5.88 Å². The molecule has 0 saturated carbocycles. The highest BCUT2D eigenvalue weighted by atomic mass is 32.2. The lowest BCUT2D eigenvalue weighted by atomic mass is 10.2. The molecule has 3 N–H and O–H groups in total. The first-order valence-corrected chi connectivity index (χ1v) is 11.2. The number of nitrogens with one attached hydrogen (secondary N) is 3. The smallest absolute Gasteiger partial charge is 0.263 e. The quantitative estimate of drug-likeness (QED) is 0.344. The Morgan fingerprint density at radius 3 is 2.45 bits per heavy atom. The lowest BCUT2D eigenvalue weighted by Gasteiger charge is -2.10. The van der Waals surface area contributed by atoms with Crippen LogP contribution >= 0.6 is 12.2 Å². The second kappa shape index (κ2) is 10.6. The molecule has 0 saturated heterocycles. The van der Waals surface area contributed by atoms with Gasteiger partial charge in [-0.25, -0.2) is 22.8 Å². The van der Waals surface area contributed by atoms with Crippen molar-refractivity contribution in [2.24, 2.45) is 0 Å². The molecule has 1 aromatic heterocycles. The summed E-state index contributed by atoms with van der Waals surface area (Å²) in [6.45, 7) is 0. The number of rotatable bonds is 7. The van der Waals surface area contributed by atoms with E-state index in [0.29, 0.717) is 11.3 Å². The van der Waals surface area contributed by atoms with E-state index < -0.39 is 15.9 Å². The Morgan fingerprint density at radius 1 is 1.09 bits per heavy atom. The van der Waals surface area contributed by atoms with Crippen LogP contribution in [0.2, 0.25) is 0 Å². The third kappa shape index (κ3) is 7.05. The van der Waals surface area contributed by atoms with E-state index in [0.717, 1.165) is 0 Å². The van der Waals surface area contributed by atoms with Gasteiger partial charge in [0.1, 0.15) is 18.0 Å². The third-order valence-electron chi connectivity index (χ3n) is 4.05. The molecular weight excluding hydrogens is 469 g/mol. The zero-order valence-electron chi connectivity index (χ0n) is 17.2. The molecule has 0 aliphatic carbocycles. The van der Waals surface area contributed by atoms with Gasteiger partial charge >= 0.3 is 0 Å². The van der Waals surface area contributed by atoms with Crippen LogP contribution in [0.3, 0.4) is 0 Å². The van der Waals surface area contributed by atoms with Crippen LogP contribution in [-0.4, -0.2) is 36.5 Å². The van der Waals surface area contributed by atoms with Crippen LogP contribution in [0.25, 0.3) is 6.08 Å². The second-order valence-corrected chi connectivity index (χ2v) is 8.49. The van der Waals surface area contributed by atoms with Crippen molar-refractivity contribution in [2.45, 2.75) is 4.90 Å². The number of benzene rings is 2. The number of ether oxygens (including phenoxy) is 1. The Hall–Kier alpha value is -3.90. The van der Waals surface area contributed by atoms with Crippen molar-refractivity contribution >= 4 is 50.8 Å². The Balaban J connectivity index is 1.57. The largest absolute Gasteiger partial charge is 0.481 e. The first-order valence-electron chi connectivity index (χ1n) is 9.30. The van der Waals surface area contributed by atoms with Crippen molar-refractivity contribution in [1.29, 1.82) is 0 Å². The van der Waals surface area contributed by atoms with Crippen LogP contribution < -0.4 is 20.1 Å². The van der Waals surface area contributed by atoms with E-state index >= 15 is 0 Å². The number of aromatic nitrogens is 2. The first kappa shape index (κ1) is 23.8. The second-order valence-electron chi connectivity index (χ2n) is 6.40. The average Bonchev–Trinajstić information content (AvgIpc) is 2.79. The minimum absolute atomic E-state index is 0.0113. The molecule has 2 aromatic carbocycles. The highest BCUT2D eigenvalue weighted by Crippen LogP contribution is 2.18. The fourth-order valence-corrected chi connectivity index (χ4v) is 3.70. The molecule has 0 fully saturated rings. The van der Waals surface area contributed by atoms with Gasteiger partial charge in [-0.3, -0.25) is 14.8 Å². The summed E-state index contributed by atoms with van der Waals surface area (Å²) in [6.07, 6.45) is 3.94. The van der Waals surface area contributed by atoms with Gasteiger partial charge in [-0.05, 0) is 60.3 Å². The molecule has 3 aromatic rings. The van der Waals surface area contributed by atoms with Gasteiger partial charge in [0, 0.05) is 17.8 Å². The van der Waals surface area contributed by atoms with Gasteiger partial charge in [0.05, 0.1) is 12.0 Å². The Morgan fingerprint density at radius 2 is 1.79 bits per heavy atom. The molecule has 0 aliphatic rings. The summed E-state index contributed by atoms with van der Waals surface area (Å²) in [6, 6.07) is 12.7. The van der Waals surface area contributed by atoms with Crippen molar-refractivity contribution < 1.29 is 22.3 Å². The average molecular weight is 488 g/mol. The summed E-state index contributed by atoms with van der Waals surface area (Å²) in [5.74, 6) is -0.585. The number of halogens is 1. The minimum Gasteiger partial charge on any atom is -0.481 e. The Bertz CT molecular complexity index is 1280. The normalized spacial score (nSPS) is 11.1. The topological polar surface area (TPSA) is 122 Å². The molecule has 0 spiro atoms. The van der Waals surface area contributed by atoms with Crippen LogP contribution in [0.1, 0.15) is 5.56 Å². The molecule has 0 unspecified atom stereocenters. The highest BCUT2D eigenvalue weighted by Gasteiger charge is 2.15. The molecular formula is C21H18FN5O4S2. The number of thiocarbonyl (C=S) groups is 1. The van der Waals surface area contributed by atoms with E-state index in [1.54, 1.807) is 0 Å². The fourth-order valence-electron chi connectivity index (χ4n) is 2.48. The van der Waals surface area contributed by atoms with E-state index in [4.69, 9.17) is 17.0 Å². The molecule has 0 bridgehead atoms. The summed E-state index contributed by atoms with van der Waals surface area (Å²) in [5, 5.41) is 5.27. The number of amides is 1. The first-order chi connectivity index (χ1) is 15.7. The number of hydrogen-bond acceptors (Lipinski definition) is 7. The number of anilines is 2. The monoisotopic (exact) mass is 487 g/mol. The lowest BCUT2D eigenvalue weighted by molar-refractivity contribution is -0.115. The molecule has 1 heterocycles. The van der Waals surface area contributed by atoms with E-state index in [9.17, 15) is 17.6 Å². The van der Waals surface area contributed by atoms with Gasteiger partial charge < -0.3 is 10.1 Å². The van der Waals surface area contributed by atoms with Gasteiger partial charge in [0.25, 0.3) is 10.0 Å². The van der Waals surface area contributed by atoms with Gasteiger partial charge in [-0.2, -0.15) is 0 Å². The molecule has 9 nitrogen and oxygen atoms in total. The van der Waals surface area contributed by atoms with Crippen molar-refractivity contribution in [3.8, 4) is 5.88 Å². The van der Waals surface area contributed by atoms with Crippen molar-refractivity contribution in [2.75, 3.05) is 17.1 Å².